The Bertz CT molecular complexity index is 411. The van der Waals surface area contributed by atoms with E-state index in [4.69, 9.17) is 0 Å². The van der Waals surface area contributed by atoms with Crippen molar-refractivity contribution in [3.63, 3.8) is 0 Å². The van der Waals surface area contributed by atoms with Gasteiger partial charge in [0.25, 0.3) is 0 Å². The molecule has 0 saturated carbocycles. The summed E-state index contributed by atoms with van der Waals surface area (Å²) >= 11 is 0. The van der Waals surface area contributed by atoms with E-state index >= 15 is 0 Å². The summed E-state index contributed by atoms with van der Waals surface area (Å²) in [6.45, 7) is 2.83. The summed E-state index contributed by atoms with van der Waals surface area (Å²) in [5.41, 5.74) is 2.44. The molecule has 1 unspecified atom stereocenters. The molecule has 1 aliphatic heterocycles. The lowest BCUT2D eigenvalue weighted by atomic mass is 10.1. The lowest BCUT2D eigenvalue weighted by molar-refractivity contribution is 0.0771. The molecule has 0 amide bonds. The minimum atomic E-state index is -0.137. The third-order valence-electron chi connectivity index (χ3n) is 3.56. The smallest absolute Gasteiger partial charge is 0.0667 e. The number of aliphatic hydroxyl groups is 1. The van der Waals surface area contributed by atoms with Gasteiger partial charge in [-0.3, -0.25) is 4.90 Å². The predicted octanol–water partition coefficient (Wildman–Crippen LogP) is 2.22. The number of anilines is 1. The molecule has 0 aromatic heterocycles. The van der Waals surface area contributed by atoms with Crippen LogP contribution in [0.2, 0.25) is 0 Å². The van der Waals surface area contributed by atoms with E-state index in [2.05, 4.69) is 46.2 Å². The molecular weight excluding hydrogens is 236 g/mol. The van der Waals surface area contributed by atoms with E-state index < -0.39 is 0 Å². The van der Waals surface area contributed by atoms with E-state index in [1.165, 1.54) is 11.3 Å². The van der Waals surface area contributed by atoms with Gasteiger partial charge in [0, 0.05) is 32.9 Å². The Morgan fingerprint density at radius 3 is 2.68 bits per heavy atom. The van der Waals surface area contributed by atoms with Crippen molar-refractivity contribution in [3.05, 3.63) is 35.9 Å². The number of piperidine rings is 1. The highest BCUT2D eigenvalue weighted by Crippen LogP contribution is 2.14. The highest BCUT2D eigenvalue weighted by atomic mass is 16.3. The molecule has 104 valence electrons. The van der Waals surface area contributed by atoms with Crippen LogP contribution in [-0.2, 0) is 0 Å². The fraction of sp³-hybridized carbons (Fsp3) is 0.500. The van der Waals surface area contributed by atoms with Crippen molar-refractivity contribution in [2.24, 2.45) is 0 Å². The van der Waals surface area contributed by atoms with Crippen LogP contribution in [0.4, 0.5) is 5.69 Å². The van der Waals surface area contributed by atoms with Crippen LogP contribution in [0.3, 0.4) is 0 Å². The van der Waals surface area contributed by atoms with Gasteiger partial charge < -0.3 is 10.0 Å². The van der Waals surface area contributed by atoms with Crippen molar-refractivity contribution in [1.29, 1.82) is 0 Å². The van der Waals surface area contributed by atoms with Gasteiger partial charge >= 0.3 is 0 Å². The van der Waals surface area contributed by atoms with Crippen molar-refractivity contribution in [1.82, 2.24) is 4.90 Å². The molecule has 1 aliphatic rings. The number of rotatable bonds is 4. The molecule has 1 N–H and O–H groups in total. The first kappa shape index (κ1) is 14.1. The molecule has 1 aromatic carbocycles. The van der Waals surface area contributed by atoms with Crippen LogP contribution in [0.5, 0.6) is 0 Å². The average molecular weight is 260 g/mol. The van der Waals surface area contributed by atoms with E-state index in [9.17, 15) is 5.11 Å². The first-order valence-corrected chi connectivity index (χ1v) is 6.99. The third-order valence-corrected chi connectivity index (χ3v) is 3.56. The zero-order chi connectivity index (χ0) is 13.7. The van der Waals surface area contributed by atoms with Gasteiger partial charge in [0.1, 0.15) is 0 Å². The van der Waals surface area contributed by atoms with Crippen LogP contribution in [0.15, 0.2) is 30.3 Å². The van der Waals surface area contributed by atoms with Crippen molar-refractivity contribution in [3.8, 4) is 0 Å². The van der Waals surface area contributed by atoms with Gasteiger partial charge in [0.05, 0.1) is 6.10 Å². The van der Waals surface area contributed by atoms with Crippen molar-refractivity contribution in [2.45, 2.75) is 18.9 Å². The molecule has 0 bridgehead atoms. The molecule has 1 atom stereocenters. The number of benzene rings is 1. The summed E-state index contributed by atoms with van der Waals surface area (Å²) in [5.74, 6) is 0. The Balaban J connectivity index is 1.84. The van der Waals surface area contributed by atoms with Crippen molar-refractivity contribution >= 4 is 11.8 Å². The lowest BCUT2D eigenvalue weighted by Crippen LogP contribution is -2.38. The zero-order valence-electron chi connectivity index (χ0n) is 11.9. The molecule has 0 radical (unpaired) electrons. The molecule has 0 spiro atoms. The number of nitrogens with zero attached hydrogens (tertiary/aromatic N) is 2. The van der Waals surface area contributed by atoms with Crippen molar-refractivity contribution in [2.75, 3.05) is 38.6 Å². The van der Waals surface area contributed by atoms with E-state index in [1.807, 2.05) is 14.1 Å². The van der Waals surface area contributed by atoms with Gasteiger partial charge in [0.15, 0.2) is 0 Å². The Kier molecular flexibility index (Phi) is 5.00. The summed E-state index contributed by atoms with van der Waals surface area (Å²) in [6.07, 6.45) is 6.25. The van der Waals surface area contributed by atoms with E-state index in [0.717, 1.165) is 32.5 Å². The first-order valence-electron chi connectivity index (χ1n) is 6.99. The summed E-state index contributed by atoms with van der Waals surface area (Å²) in [5, 5.41) is 9.61. The zero-order valence-corrected chi connectivity index (χ0v) is 11.9. The summed E-state index contributed by atoms with van der Waals surface area (Å²) in [4.78, 5) is 4.40. The Labute approximate surface area is 116 Å². The SMILES string of the molecule is CN(C)c1ccc(/C=C/CN2CCCC(O)C2)cc1. The van der Waals surface area contributed by atoms with Crippen LogP contribution in [0, 0.1) is 0 Å². The van der Waals surface area contributed by atoms with Crippen LogP contribution in [0.25, 0.3) is 6.08 Å². The second kappa shape index (κ2) is 6.73. The third kappa shape index (κ3) is 4.37. The van der Waals surface area contributed by atoms with Gasteiger partial charge in [-0.15, -0.1) is 0 Å². The highest BCUT2D eigenvalue weighted by Gasteiger charge is 2.15. The molecule has 3 heteroatoms. The van der Waals surface area contributed by atoms with Crippen LogP contribution in [0.1, 0.15) is 18.4 Å². The van der Waals surface area contributed by atoms with Gasteiger partial charge in [-0.05, 0) is 37.1 Å². The predicted molar refractivity (Wildman–Crippen MR) is 81.5 cm³/mol. The van der Waals surface area contributed by atoms with Gasteiger partial charge in [-0.2, -0.15) is 0 Å². The maximum absolute atomic E-state index is 9.61. The largest absolute Gasteiger partial charge is 0.392 e. The summed E-state index contributed by atoms with van der Waals surface area (Å²) in [6, 6.07) is 8.53. The highest BCUT2D eigenvalue weighted by molar-refractivity contribution is 5.55. The monoisotopic (exact) mass is 260 g/mol. The minimum absolute atomic E-state index is 0.137. The molecule has 1 aromatic rings. The van der Waals surface area contributed by atoms with Gasteiger partial charge in [-0.25, -0.2) is 0 Å². The number of hydrogen-bond donors (Lipinski definition) is 1. The number of aliphatic hydroxyl groups excluding tert-OH is 1. The Morgan fingerprint density at radius 2 is 2.05 bits per heavy atom. The standard InChI is InChI=1S/C16H24N2O/c1-17(2)15-9-7-14(8-10-15)5-3-11-18-12-4-6-16(19)13-18/h3,5,7-10,16,19H,4,6,11-13H2,1-2H3/b5-3+. The lowest BCUT2D eigenvalue weighted by Gasteiger charge is -2.28. The van der Waals surface area contributed by atoms with E-state index in [0.29, 0.717) is 0 Å². The molecule has 1 fully saturated rings. The van der Waals surface area contributed by atoms with E-state index in [1.54, 1.807) is 0 Å². The normalized spacial score (nSPS) is 20.9. The molecule has 19 heavy (non-hydrogen) atoms. The molecule has 2 rings (SSSR count). The maximum Gasteiger partial charge on any atom is 0.0667 e. The van der Waals surface area contributed by atoms with Crippen molar-refractivity contribution < 1.29 is 5.11 Å². The molecule has 0 aliphatic carbocycles. The summed E-state index contributed by atoms with van der Waals surface area (Å²) in [7, 11) is 4.10. The fourth-order valence-electron chi connectivity index (χ4n) is 2.42. The second-order valence-corrected chi connectivity index (χ2v) is 5.44. The molecule has 3 nitrogen and oxygen atoms in total. The minimum Gasteiger partial charge on any atom is -0.392 e. The topological polar surface area (TPSA) is 26.7 Å². The first-order chi connectivity index (χ1) is 9.15. The quantitative estimate of drug-likeness (QED) is 0.899. The number of hydrogen-bond acceptors (Lipinski definition) is 3. The molecule has 1 saturated heterocycles. The van der Waals surface area contributed by atoms with Gasteiger partial charge in [0.2, 0.25) is 0 Å². The van der Waals surface area contributed by atoms with Crippen LogP contribution < -0.4 is 4.90 Å². The summed E-state index contributed by atoms with van der Waals surface area (Å²) < 4.78 is 0. The van der Waals surface area contributed by atoms with E-state index in [-0.39, 0.29) is 6.10 Å². The molecule has 1 heterocycles. The van der Waals surface area contributed by atoms with Gasteiger partial charge in [-0.1, -0.05) is 24.3 Å². The average Bonchev–Trinajstić information content (AvgIpc) is 2.39. The Hall–Kier alpha value is -1.32. The van der Waals surface area contributed by atoms with Crippen LogP contribution >= 0.6 is 0 Å². The number of β-amino-alcohol motifs (C(OH)–C–C–N with tert-alkyl or cyclic N) is 1. The maximum atomic E-state index is 9.61. The van der Waals surface area contributed by atoms with Crippen LogP contribution in [-0.4, -0.2) is 49.8 Å². The fourth-order valence-corrected chi connectivity index (χ4v) is 2.42. The second-order valence-electron chi connectivity index (χ2n) is 5.44. The number of likely N-dealkylation sites (tertiary alicyclic amines) is 1. The molecular formula is C16H24N2O. The Morgan fingerprint density at radius 1 is 1.32 bits per heavy atom.